The summed E-state index contributed by atoms with van der Waals surface area (Å²) in [6.45, 7) is 0. The predicted molar refractivity (Wildman–Crippen MR) is 31.8 cm³/mol. The van der Waals surface area contributed by atoms with Crippen LogP contribution in [0.4, 0.5) is 0 Å². The summed E-state index contributed by atoms with van der Waals surface area (Å²) in [4.78, 5) is 11.0. The van der Waals surface area contributed by atoms with E-state index < -0.39 is 0 Å². The third-order valence-electron chi connectivity index (χ3n) is 3.20. The van der Waals surface area contributed by atoms with E-state index >= 15 is 0 Å². The highest BCUT2D eigenvalue weighted by Crippen LogP contribution is 2.69. The third kappa shape index (κ3) is 0.257. The minimum Gasteiger partial charge on any atom is -0.349 e. The molecule has 2 aliphatic carbocycles. The van der Waals surface area contributed by atoms with E-state index in [1.54, 1.807) is 0 Å². The molecular formula is C7H9NO. The molecule has 1 amide bonds. The normalized spacial score (nSPS) is 38.0. The summed E-state index contributed by atoms with van der Waals surface area (Å²) in [6.07, 6.45) is 4.83. The molecule has 2 saturated carbocycles. The molecule has 48 valence electrons. The Labute approximate surface area is 53.6 Å². The first-order valence-electron chi connectivity index (χ1n) is 3.62. The molecule has 0 bridgehead atoms. The van der Waals surface area contributed by atoms with Gasteiger partial charge >= 0.3 is 0 Å². The van der Waals surface area contributed by atoms with Gasteiger partial charge in [0.1, 0.15) is 0 Å². The monoisotopic (exact) mass is 123 g/mol. The van der Waals surface area contributed by atoms with Gasteiger partial charge in [0.2, 0.25) is 5.91 Å². The largest absolute Gasteiger partial charge is 0.349 e. The number of hydrogen-bond donors (Lipinski definition) is 1. The molecule has 0 radical (unpaired) electrons. The van der Waals surface area contributed by atoms with Gasteiger partial charge in [-0.25, -0.2) is 0 Å². The van der Waals surface area contributed by atoms with Gasteiger partial charge in [-0.1, -0.05) is 0 Å². The number of β-lactam (4-membered cyclic amide) rings is 1. The van der Waals surface area contributed by atoms with Crippen LogP contribution < -0.4 is 5.32 Å². The highest BCUT2D eigenvalue weighted by atomic mass is 16.2. The highest BCUT2D eigenvalue weighted by Gasteiger charge is 2.77. The lowest BCUT2D eigenvalue weighted by Gasteiger charge is -2.38. The maximum absolute atomic E-state index is 11.0. The van der Waals surface area contributed by atoms with Gasteiger partial charge in [0.15, 0.2) is 0 Å². The Hall–Kier alpha value is -0.530. The molecule has 0 aromatic rings. The molecule has 2 spiro atoms. The van der Waals surface area contributed by atoms with Gasteiger partial charge in [-0.05, 0) is 25.7 Å². The second-order valence-electron chi connectivity index (χ2n) is 3.62. The lowest BCUT2D eigenvalue weighted by molar-refractivity contribution is -0.138. The minimum absolute atomic E-state index is 0.188. The topological polar surface area (TPSA) is 29.1 Å². The molecule has 0 aromatic heterocycles. The fourth-order valence-electron chi connectivity index (χ4n) is 2.17. The SMILES string of the molecule is O=C1NC2(CC2)C12CC2. The summed E-state index contributed by atoms with van der Waals surface area (Å²) in [6, 6.07) is 0. The summed E-state index contributed by atoms with van der Waals surface area (Å²) in [7, 11) is 0. The fraction of sp³-hybridized carbons (Fsp3) is 0.857. The van der Waals surface area contributed by atoms with Crippen molar-refractivity contribution in [3.05, 3.63) is 0 Å². The van der Waals surface area contributed by atoms with Gasteiger partial charge in [-0.2, -0.15) is 0 Å². The Morgan fingerprint density at radius 1 is 1.22 bits per heavy atom. The van der Waals surface area contributed by atoms with Crippen LogP contribution >= 0.6 is 0 Å². The van der Waals surface area contributed by atoms with E-state index in [0.29, 0.717) is 11.4 Å². The average molecular weight is 123 g/mol. The third-order valence-corrected chi connectivity index (χ3v) is 3.20. The number of carbonyl (C=O) groups excluding carboxylic acids is 1. The van der Waals surface area contributed by atoms with Crippen LogP contribution in [0, 0.1) is 5.41 Å². The quantitative estimate of drug-likeness (QED) is 0.465. The van der Waals surface area contributed by atoms with E-state index in [9.17, 15) is 4.79 Å². The van der Waals surface area contributed by atoms with Crippen LogP contribution in [0.2, 0.25) is 0 Å². The second kappa shape index (κ2) is 0.825. The molecule has 1 N–H and O–H groups in total. The zero-order chi connectivity index (χ0) is 6.11. The van der Waals surface area contributed by atoms with Crippen molar-refractivity contribution >= 4 is 5.91 Å². The molecule has 2 nitrogen and oxygen atoms in total. The summed E-state index contributed by atoms with van der Waals surface area (Å²) in [5.41, 5.74) is 0.539. The first-order valence-corrected chi connectivity index (χ1v) is 3.62. The molecule has 1 saturated heterocycles. The maximum Gasteiger partial charge on any atom is 0.229 e. The van der Waals surface area contributed by atoms with Crippen molar-refractivity contribution in [2.24, 2.45) is 5.41 Å². The smallest absolute Gasteiger partial charge is 0.229 e. The van der Waals surface area contributed by atoms with Crippen molar-refractivity contribution in [1.82, 2.24) is 5.32 Å². The van der Waals surface area contributed by atoms with Gasteiger partial charge in [0.05, 0.1) is 11.0 Å². The van der Waals surface area contributed by atoms with Crippen LogP contribution in [0.5, 0.6) is 0 Å². The number of amides is 1. The molecule has 3 fully saturated rings. The Morgan fingerprint density at radius 3 is 2.11 bits per heavy atom. The summed E-state index contributed by atoms with van der Waals surface area (Å²) < 4.78 is 0. The number of rotatable bonds is 0. The van der Waals surface area contributed by atoms with E-state index in [1.165, 1.54) is 25.7 Å². The van der Waals surface area contributed by atoms with Crippen molar-refractivity contribution in [3.8, 4) is 0 Å². The lowest BCUT2D eigenvalue weighted by atomic mass is 9.84. The van der Waals surface area contributed by atoms with Crippen LogP contribution in [-0.4, -0.2) is 11.4 Å². The fourth-order valence-corrected chi connectivity index (χ4v) is 2.17. The summed E-state index contributed by atoms with van der Waals surface area (Å²) in [5.74, 6) is 0.333. The minimum atomic E-state index is 0.188. The zero-order valence-corrected chi connectivity index (χ0v) is 5.24. The number of hydrogen-bond acceptors (Lipinski definition) is 1. The van der Waals surface area contributed by atoms with E-state index in [2.05, 4.69) is 5.32 Å². The molecule has 0 atom stereocenters. The van der Waals surface area contributed by atoms with Crippen LogP contribution in [0.3, 0.4) is 0 Å². The predicted octanol–water partition coefficient (Wildman–Crippen LogP) is 0.429. The molecule has 1 heterocycles. The zero-order valence-electron chi connectivity index (χ0n) is 5.24. The Kier molecular flexibility index (Phi) is 0.395. The molecule has 3 aliphatic rings. The van der Waals surface area contributed by atoms with E-state index in [-0.39, 0.29) is 5.41 Å². The molecule has 2 heteroatoms. The molecule has 9 heavy (non-hydrogen) atoms. The standard InChI is InChI=1S/C7H9NO/c9-5-6(1-2-6)7(8-5)3-4-7/h1-4H2,(H,8,9). The van der Waals surface area contributed by atoms with E-state index in [0.717, 1.165) is 0 Å². The van der Waals surface area contributed by atoms with Gasteiger partial charge in [0, 0.05) is 0 Å². The van der Waals surface area contributed by atoms with Crippen molar-refractivity contribution < 1.29 is 4.79 Å². The van der Waals surface area contributed by atoms with E-state index in [1.807, 2.05) is 0 Å². The first kappa shape index (κ1) is 4.31. The number of fused-ring (bicyclic) bond motifs is 1. The van der Waals surface area contributed by atoms with Gasteiger partial charge in [-0.3, -0.25) is 4.79 Å². The van der Waals surface area contributed by atoms with Gasteiger partial charge < -0.3 is 5.32 Å². The molecule has 0 aromatic carbocycles. The van der Waals surface area contributed by atoms with Crippen molar-refractivity contribution in [1.29, 1.82) is 0 Å². The van der Waals surface area contributed by atoms with Crippen molar-refractivity contribution in [2.75, 3.05) is 0 Å². The number of nitrogens with one attached hydrogen (secondary N) is 1. The Bertz CT molecular complexity index is 201. The highest BCUT2D eigenvalue weighted by molar-refractivity contribution is 5.96. The lowest BCUT2D eigenvalue weighted by Crippen LogP contribution is -2.62. The van der Waals surface area contributed by atoms with Crippen molar-refractivity contribution in [3.63, 3.8) is 0 Å². The number of carbonyl (C=O) groups is 1. The molecular weight excluding hydrogens is 114 g/mol. The first-order chi connectivity index (χ1) is 4.29. The van der Waals surface area contributed by atoms with Crippen molar-refractivity contribution in [2.45, 2.75) is 31.2 Å². The van der Waals surface area contributed by atoms with Crippen LogP contribution in [0.15, 0.2) is 0 Å². The molecule has 0 unspecified atom stereocenters. The Morgan fingerprint density at radius 2 is 1.89 bits per heavy atom. The second-order valence-corrected chi connectivity index (χ2v) is 3.62. The molecule has 3 rings (SSSR count). The van der Waals surface area contributed by atoms with Gasteiger partial charge in [-0.15, -0.1) is 0 Å². The summed E-state index contributed by atoms with van der Waals surface area (Å²) >= 11 is 0. The maximum atomic E-state index is 11.0. The summed E-state index contributed by atoms with van der Waals surface area (Å²) in [5, 5.41) is 3.01. The average Bonchev–Trinajstić information content (AvgIpc) is 2.62. The van der Waals surface area contributed by atoms with Crippen LogP contribution in [0.25, 0.3) is 0 Å². The van der Waals surface area contributed by atoms with Crippen LogP contribution in [-0.2, 0) is 4.79 Å². The molecule has 1 aliphatic heterocycles. The van der Waals surface area contributed by atoms with Crippen LogP contribution in [0.1, 0.15) is 25.7 Å². The van der Waals surface area contributed by atoms with E-state index in [4.69, 9.17) is 0 Å². The van der Waals surface area contributed by atoms with Gasteiger partial charge in [0.25, 0.3) is 0 Å². The Balaban J connectivity index is 2.05.